The molecule has 0 spiro atoms. The number of amides is 1. The fourth-order valence-corrected chi connectivity index (χ4v) is 3.19. The molecule has 4 nitrogen and oxygen atoms in total. The number of likely N-dealkylation sites (tertiary alicyclic amines) is 1. The van der Waals surface area contributed by atoms with Crippen molar-refractivity contribution in [3.8, 4) is 0 Å². The zero-order valence-corrected chi connectivity index (χ0v) is 15.1. The van der Waals surface area contributed by atoms with Gasteiger partial charge in [-0.2, -0.15) is 0 Å². The minimum atomic E-state index is -0.432. The number of likely N-dealkylation sites (N-methyl/N-ethyl adjacent to an activating group) is 1. The van der Waals surface area contributed by atoms with Crippen LogP contribution in [0.25, 0.3) is 0 Å². The monoisotopic (exact) mass is 318 g/mol. The normalized spacial score (nSPS) is 19.7. The largest absolute Gasteiger partial charge is 0.444 e. The second-order valence-corrected chi connectivity index (χ2v) is 7.50. The lowest BCUT2D eigenvalue weighted by Gasteiger charge is -2.26. The third-order valence-corrected chi connectivity index (χ3v) is 4.52. The SMILES string of the molecule is CNC(Cc1ccccc1C)C1CCN(C(=O)OC(C)(C)C)C1. The van der Waals surface area contributed by atoms with Crippen LogP contribution in [-0.2, 0) is 11.2 Å². The van der Waals surface area contributed by atoms with E-state index < -0.39 is 5.60 Å². The maximum Gasteiger partial charge on any atom is 0.410 e. The lowest BCUT2D eigenvalue weighted by atomic mass is 9.91. The summed E-state index contributed by atoms with van der Waals surface area (Å²) in [6, 6.07) is 8.90. The van der Waals surface area contributed by atoms with Gasteiger partial charge in [-0.1, -0.05) is 24.3 Å². The van der Waals surface area contributed by atoms with E-state index in [4.69, 9.17) is 4.74 Å². The summed E-state index contributed by atoms with van der Waals surface area (Å²) in [6.45, 7) is 9.44. The van der Waals surface area contributed by atoms with Crippen LogP contribution in [0.3, 0.4) is 0 Å². The van der Waals surface area contributed by atoms with Crippen LogP contribution in [0.5, 0.6) is 0 Å². The molecule has 4 heteroatoms. The van der Waals surface area contributed by atoms with Crippen LogP contribution in [0.1, 0.15) is 38.3 Å². The molecule has 1 fully saturated rings. The number of rotatable bonds is 4. The van der Waals surface area contributed by atoms with E-state index in [0.717, 1.165) is 25.9 Å². The molecule has 2 atom stereocenters. The summed E-state index contributed by atoms with van der Waals surface area (Å²) in [5, 5.41) is 3.45. The van der Waals surface area contributed by atoms with Crippen molar-refractivity contribution in [1.29, 1.82) is 0 Å². The Hall–Kier alpha value is -1.55. The molecule has 1 saturated heterocycles. The van der Waals surface area contributed by atoms with E-state index in [2.05, 4.69) is 36.5 Å². The summed E-state index contributed by atoms with van der Waals surface area (Å²) >= 11 is 0. The third kappa shape index (κ3) is 4.96. The number of hydrogen-bond acceptors (Lipinski definition) is 3. The van der Waals surface area contributed by atoms with Crippen LogP contribution in [0, 0.1) is 12.8 Å². The number of nitrogens with zero attached hydrogens (tertiary/aromatic N) is 1. The first kappa shape index (κ1) is 17.8. The minimum Gasteiger partial charge on any atom is -0.444 e. The Kier molecular flexibility index (Phi) is 5.69. The fourth-order valence-electron chi connectivity index (χ4n) is 3.19. The average Bonchev–Trinajstić information content (AvgIpc) is 2.94. The molecule has 23 heavy (non-hydrogen) atoms. The van der Waals surface area contributed by atoms with E-state index in [0.29, 0.717) is 12.0 Å². The Morgan fingerprint density at radius 2 is 2.09 bits per heavy atom. The van der Waals surface area contributed by atoms with Crippen LogP contribution < -0.4 is 5.32 Å². The van der Waals surface area contributed by atoms with E-state index in [-0.39, 0.29) is 6.09 Å². The number of ether oxygens (including phenoxy) is 1. The molecule has 1 heterocycles. The van der Waals surface area contributed by atoms with Gasteiger partial charge in [-0.3, -0.25) is 0 Å². The number of benzene rings is 1. The number of carbonyl (C=O) groups is 1. The van der Waals surface area contributed by atoms with Gasteiger partial charge in [0.25, 0.3) is 0 Å². The zero-order chi connectivity index (χ0) is 17.0. The highest BCUT2D eigenvalue weighted by Gasteiger charge is 2.33. The van der Waals surface area contributed by atoms with Gasteiger partial charge in [0.1, 0.15) is 5.60 Å². The molecule has 0 aromatic heterocycles. The van der Waals surface area contributed by atoms with Crippen molar-refractivity contribution in [2.75, 3.05) is 20.1 Å². The minimum absolute atomic E-state index is 0.189. The highest BCUT2D eigenvalue weighted by atomic mass is 16.6. The molecule has 0 radical (unpaired) electrons. The Morgan fingerprint density at radius 1 is 1.39 bits per heavy atom. The standard InChI is InChI=1S/C19H30N2O2/c1-14-8-6-7-9-15(14)12-17(20-5)16-10-11-21(13-16)18(22)23-19(2,3)4/h6-9,16-17,20H,10-13H2,1-5H3. The summed E-state index contributed by atoms with van der Waals surface area (Å²) in [6.07, 6.45) is 1.83. The van der Waals surface area contributed by atoms with Gasteiger partial charge in [0.05, 0.1) is 0 Å². The Bertz CT molecular complexity index is 536. The van der Waals surface area contributed by atoms with Crippen molar-refractivity contribution in [2.24, 2.45) is 5.92 Å². The molecule has 1 N–H and O–H groups in total. The van der Waals surface area contributed by atoms with Gasteiger partial charge in [-0.15, -0.1) is 0 Å². The summed E-state index contributed by atoms with van der Waals surface area (Å²) < 4.78 is 5.49. The second-order valence-electron chi connectivity index (χ2n) is 7.50. The number of nitrogens with one attached hydrogen (secondary N) is 1. The quantitative estimate of drug-likeness (QED) is 0.925. The van der Waals surface area contributed by atoms with Crippen molar-refractivity contribution in [3.05, 3.63) is 35.4 Å². The van der Waals surface area contributed by atoms with Crippen LogP contribution in [-0.4, -0.2) is 42.8 Å². The molecule has 1 aromatic carbocycles. The Balaban J connectivity index is 1.96. The van der Waals surface area contributed by atoms with Crippen LogP contribution in [0.4, 0.5) is 4.79 Å². The van der Waals surface area contributed by atoms with E-state index >= 15 is 0 Å². The lowest BCUT2D eigenvalue weighted by Crippen LogP contribution is -2.39. The van der Waals surface area contributed by atoms with Gasteiger partial charge in [0, 0.05) is 19.1 Å². The summed E-state index contributed by atoms with van der Waals surface area (Å²) in [5.74, 6) is 0.465. The van der Waals surface area contributed by atoms with Crippen molar-refractivity contribution in [2.45, 2.75) is 52.2 Å². The van der Waals surface area contributed by atoms with Gasteiger partial charge in [-0.25, -0.2) is 4.79 Å². The van der Waals surface area contributed by atoms with Gasteiger partial charge in [0.15, 0.2) is 0 Å². The Labute approximate surface area is 140 Å². The zero-order valence-electron chi connectivity index (χ0n) is 15.1. The van der Waals surface area contributed by atoms with E-state index in [1.807, 2.05) is 32.7 Å². The molecule has 1 amide bonds. The van der Waals surface area contributed by atoms with Crippen LogP contribution in [0.15, 0.2) is 24.3 Å². The first-order valence-electron chi connectivity index (χ1n) is 8.50. The van der Waals surface area contributed by atoms with E-state index in [9.17, 15) is 4.79 Å². The fraction of sp³-hybridized carbons (Fsp3) is 0.632. The van der Waals surface area contributed by atoms with Crippen molar-refractivity contribution < 1.29 is 9.53 Å². The topological polar surface area (TPSA) is 41.6 Å². The molecule has 1 aliphatic rings. The summed E-state index contributed by atoms with van der Waals surface area (Å²) in [7, 11) is 2.01. The molecule has 1 aromatic rings. The molecule has 2 rings (SSSR count). The van der Waals surface area contributed by atoms with E-state index in [1.165, 1.54) is 11.1 Å². The molecule has 1 aliphatic heterocycles. The third-order valence-electron chi connectivity index (χ3n) is 4.52. The van der Waals surface area contributed by atoms with E-state index in [1.54, 1.807) is 0 Å². The summed E-state index contributed by atoms with van der Waals surface area (Å²) in [4.78, 5) is 14.1. The molecular formula is C19H30N2O2. The van der Waals surface area contributed by atoms with Crippen molar-refractivity contribution >= 4 is 6.09 Å². The number of aryl methyl sites for hydroxylation is 1. The average molecular weight is 318 g/mol. The Morgan fingerprint density at radius 3 is 2.70 bits per heavy atom. The lowest BCUT2D eigenvalue weighted by molar-refractivity contribution is 0.0285. The van der Waals surface area contributed by atoms with Gasteiger partial charge < -0.3 is 15.0 Å². The second kappa shape index (κ2) is 7.35. The first-order chi connectivity index (χ1) is 10.8. The molecule has 2 unspecified atom stereocenters. The maximum absolute atomic E-state index is 12.2. The molecule has 128 valence electrons. The predicted molar refractivity (Wildman–Crippen MR) is 93.6 cm³/mol. The number of hydrogen-bond donors (Lipinski definition) is 1. The van der Waals surface area contributed by atoms with Crippen molar-refractivity contribution in [3.63, 3.8) is 0 Å². The predicted octanol–water partition coefficient (Wildman–Crippen LogP) is 3.38. The number of carbonyl (C=O) groups excluding carboxylic acids is 1. The van der Waals surface area contributed by atoms with Gasteiger partial charge >= 0.3 is 6.09 Å². The molecular weight excluding hydrogens is 288 g/mol. The summed E-state index contributed by atoms with van der Waals surface area (Å²) in [5.41, 5.74) is 2.27. The van der Waals surface area contributed by atoms with Crippen LogP contribution in [0.2, 0.25) is 0 Å². The van der Waals surface area contributed by atoms with Crippen LogP contribution >= 0.6 is 0 Å². The van der Waals surface area contributed by atoms with Crippen molar-refractivity contribution in [1.82, 2.24) is 10.2 Å². The molecule has 0 bridgehead atoms. The van der Waals surface area contributed by atoms with Gasteiger partial charge in [-0.05, 0) is 64.6 Å². The highest BCUT2D eigenvalue weighted by Crippen LogP contribution is 2.24. The maximum atomic E-state index is 12.2. The molecule has 0 aliphatic carbocycles. The van der Waals surface area contributed by atoms with Gasteiger partial charge in [0.2, 0.25) is 0 Å². The first-order valence-corrected chi connectivity index (χ1v) is 8.50. The smallest absolute Gasteiger partial charge is 0.410 e. The highest BCUT2D eigenvalue weighted by molar-refractivity contribution is 5.68. The molecule has 0 saturated carbocycles.